The number of anilines is 1. The van der Waals surface area contributed by atoms with Crippen molar-refractivity contribution in [1.82, 2.24) is 9.97 Å². The first-order valence-corrected chi connectivity index (χ1v) is 5.20. The van der Waals surface area contributed by atoms with E-state index >= 15 is 0 Å². The van der Waals surface area contributed by atoms with Crippen LogP contribution in [0.3, 0.4) is 0 Å². The number of aromatic amines is 1. The summed E-state index contributed by atoms with van der Waals surface area (Å²) in [5, 5.41) is 8.85. The standard InChI is InChI=1S/C10H13N3O3/c14-9-8(11-3-4-12-9)13-5-1-7(2-6-13)10(15)16/h3-4,7H,1-2,5-6H2,(H,12,14)(H,15,16). The lowest BCUT2D eigenvalue weighted by atomic mass is 9.97. The van der Waals surface area contributed by atoms with Crippen LogP contribution < -0.4 is 10.5 Å². The van der Waals surface area contributed by atoms with Crippen molar-refractivity contribution in [1.29, 1.82) is 0 Å². The van der Waals surface area contributed by atoms with E-state index in [0.29, 0.717) is 31.7 Å². The molecule has 0 aromatic carbocycles. The molecule has 86 valence electrons. The lowest BCUT2D eigenvalue weighted by Crippen LogP contribution is -2.39. The van der Waals surface area contributed by atoms with Gasteiger partial charge < -0.3 is 15.0 Å². The fourth-order valence-electron chi connectivity index (χ4n) is 1.91. The van der Waals surface area contributed by atoms with Gasteiger partial charge in [-0.05, 0) is 12.8 Å². The molecule has 1 aliphatic rings. The number of aromatic nitrogens is 2. The van der Waals surface area contributed by atoms with Gasteiger partial charge in [0.2, 0.25) is 0 Å². The molecule has 0 bridgehead atoms. The summed E-state index contributed by atoms with van der Waals surface area (Å²) in [5.41, 5.74) is -0.226. The number of H-pyrrole nitrogens is 1. The molecule has 6 nitrogen and oxygen atoms in total. The Morgan fingerprint density at radius 3 is 2.75 bits per heavy atom. The fourth-order valence-corrected chi connectivity index (χ4v) is 1.91. The summed E-state index contributed by atoms with van der Waals surface area (Å²) in [6, 6.07) is 0. The van der Waals surface area contributed by atoms with Crippen molar-refractivity contribution in [2.75, 3.05) is 18.0 Å². The van der Waals surface area contributed by atoms with Gasteiger partial charge in [0.05, 0.1) is 5.92 Å². The maximum Gasteiger partial charge on any atom is 0.306 e. The minimum Gasteiger partial charge on any atom is -0.481 e. The lowest BCUT2D eigenvalue weighted by molar-refractivity contribution is -0.142. The number of aliphatic carboxylic acids is 1. The summed E-state index contributed by atoms with van der Waals surface area (Å²) in [7, 11) is 0. The molecular formula is C10H13N3O3. The van der Waals surface area contributed by atoms with Crippen molar-refractivity contribution in [2.24, 2.45) is 5.92 Å². The van der Waals surface area contributed by atoms with Gasteiger partial charge in [-0.15, -0.1) is 0 Å². The van der Waals surface area contributed by atoms with E-state index in [4.69, 9.17) is 5.11 Å². The first-order chi connectivity index (χ1) is 7.68. The molecule has 0 radical (unpaired) electrons. The molecular weight excluding hydrogens is 210 g/mol. The SMILES string of the molecule is O=C(O)C1CCN(c2ncc[nH]c2=O)CC1. The highest BCUT2D eigenvalue weighted by Gasteiger charge is 2.25. The van der Waals surface area contributed by atoms with Crippen LogP contribution in [0, 0.1) is 5.92 Å². The van der Waals surface area contributed by atoms with Crippen LogP contribution in [-0.4, -0.2) is 34.1 Å². The molecule has 2 rings (SSSR count). The monoisotopic (exact) mass is 223 g/mol. The van der Waals surface area contributed by atoms with Crippen molar-refractivity contribution in [3.8, 4) is 0 Å². The van der Waals surface area contributed by atoms with E-state index in [1.165, 1.54) is 12.4 Å². The molecule has 1 fully saturated rings. The molecule has 1 aromatic rings. The molecule has 0 unspecified atom stereocenters. The molecule has 2 heterocycles. The Hall–Kier alpha value is -1.85. The van der Waals surface area contributed by atoms with Crippen LogP contribution in [0.5, 0.6) is 0 Å². The quantitative estimate of drug-likeness (QED) is 0.741. The molecule has 6 heteroatoms. The molecule has 0 amide bonds. The Bertz CT molecular complexity index is 435. The molecule has 0 atom stereocenters. The van der Waals surface area contributed by atoms with Crippen molar-refractivity contribution < 1.29 is 9.90 Å². The summed E-state index contributed by atoms with van der Waals surface area (Å²) < 4.78 is 0. The predicted octanol–water partition coefficient (Wildman–Crippen LogP) is 0.0709. The second kappa shape index (κ2) is 4.34. The highest BCUT2D eigenvalue weighted by molar-refractivity contribution is 5.70. The average Bonchev–Trinajstić information content (AvgIpc) is 2.30. The van der Waals surface area contributed by atoms with Gasteiger partial charge in [0.1, 0.15) is 0 Å². The molecule has 16 heavy (non-hydrogen) atoms. The van der Waals surface area contributed by atoms with Crippen LogP contribution in [0.4, 0.5) is 5.82 Å². The van der Waals surface area contributed by atoms with Gasteiger partial charge >= 0.3 is 5.97 Å². The van der Waals surface area contributed by atoms with E-state index in [1.54, 1.807) is 0 Å². The first-order valence-electron chi connectivity index (χ1n) is 5.20. The van der Waals surface area contributed by atoms with E-state index in [2.05, 4.69) is 9.97 Å². The van der Waals surface area contributed by atoms with Crippen molar-refractivity contribution in [2.45, 2.75) is 12.8 Å². The largest absolute Gasteiger partial charge is 0.481 e. The van der Waals surface area contributed by atoms with E-state index in [1.807, 2.05) is 4.90 Å². The summed E-state index contributed by atoms with van der Waals surface area (Å²) in [5.74, 6) is -0.667. The van der Waals surface area contributed by atoms with Crippen molar-refractivity contribution >= 4 is 11.8 Å². The Kier molecular flexibility index (Phi) is 2.89. The molecule has 0 saturated carbocycles. The maximum absolute atomic E-state index is 11.5. The summed E-state index contributed by atoms with van der Waals surface area (Å²) >= 11 is 0. The average molecular weight is 223 g/mol. The van der Waals surface area contributed by atoms with Gasteiger partial charge in [-0.2, -0.15) is 0 Å². The number of carboxylic acid groups (broad SMARTS) is 1. The molecule has 1 aliphatic heterocycles. The minimum absolute atomic E-state index is 0.226. The third-order valence-corrected chi connectivity index (χ3v) is 2.83. The number of hydrogen-bond donors (Lipinski definition) is 2. The summed E-state index contributed by atoms with van der Waals surface area (Å²) in [6.45, 7) is 1.13. The number of nitrogens with zero attached hydrogens (tertiary/aromatic N) is 2. The number of rotatable bonds is 2. The maximum atomic E-state index is 11.5. The number of carbonyl (C=O) groups is 1. The Morgan fingerprint density at radius 1 is 1.50 bits per heavy atom. The second-order valence-corrected chi connectivity index (χ2v) is 3.84. The topological polar surface area (TPSA) is 86.3 Å². The fraction of sp³-hybridized carbons (Fsp3) is 0.500. The highest BCUT2D eigenvalue weighted by atomic mass is 16.4. The zero-order valence-corrected chi connectivity index (χ0v) is 8.72. The zero-order chi connectivity index (χ0) is 11.5. The van der Waals surface area contributed by atoms with Gasteiger partial charge in [-0.3, -0.25) is 9.59 Å². The molecule has 1 aromatic heterocycles. The minimum atomic E-state index is -0.755. The third kappa shape index (κ3) is 2.05. The smallest absolute Gasteiger partial charge is 0.306 e. The van der Waals surface area contributed by atoms with Gasteiger partial charge in [0.15, 0.2) is 5.82 Å². The number of piperidine rings is 1. The Morgan fingerprint density at radius 2 is 2.19 bits per heavy atom. The van der Waals surface area contributed by atoms with Gasteiger partial charge in [-0.1, -0.05) is 0 Å². The van der Waals surface area contributed by atoms with Crippen LogP contribution in [0.25, 0.3) is 0 Å². The van der Waals surface area contributed by atoms with Gasteiger partial charge in [0.25, 0.3) is 5.56 Å². The number of carboxylic acids is 1. The van der Waals surface area contributed by atoms with Crippen molar-refractivity contribution in [3.05, 3.63) is 22.7 Å². The van der Waals surface area contributed by atoms with E-state index < -0.39 is 5.97 Å². The van der Waals surface area contributed by atoms with E-state index in [0.717, 1.165) is 0 Å². The third-order valence-electron chi connectivity index (χ3n) is 2.83. The molecule has 1 saturated heterocycles. The summed E-state index contributed by atoms with van der Waals surface area (Å²) in [6.07, 6.45) is 4.13. The van der Waals surface area contributed by atoms with Crippen molar-refractivity contribution in [3.63, 3.8) is 0 Å². The van der Waals surface area contributed by atoms with Crippen LogP contribution >= 0.6 is 0 Å². The van der Waals surface area contributed by atoms with Gasteiger partial charge in [0, 0.05) is 25.5 Å². The Balaban J connectivity index is 2.08. The van der Waals surface area contributed by atoms with Crippen LogP contribution in [0.15, 0.2) is 17.2 Å². The van der Waals surface area contributed by atoms with Crippen LogP contribution in [0.1, 0.15) is 12.8 Å². The second-order valence-electron chi connectivity index (χ2n) is 3.84. The summed E-state index contributed by atoms with van der Waals surface area (Å²) in [4.78, 5) is 30.6. The predicted molar refractivity (Wildman–Crippen MR) is 57.4 cm³/mol. The molecule has 2 N–H and O–H groups in total. The van der Waals surface area contributed by atoms with Crippen LogP contribution in [-0.2, 0) is 4.79 Å². The molecule has 0 spiro atoms. The number of nitrogens with one attached hydrogen (secondary N) is 1. The first kappa shape index (κ1) is 10.7. The zero-order valence-electron chi connectivity index (χ0n) is 8.72. The normalized spacial score (nSPS) is 17.4. The van der Waals surface area contributed by atoms with E-state index in [9.17, 15) is 9.59 Å². The Labute approximate surface area is 91.9 Å². The van der Waals surface area contributed by atoms with E-state index in [-0.39, 0.29) is 11.5 Å². The molecule has 0 aliphatic carbocycles. The van der Waals surface area contributed by atoms with Gasteiger partial charge in [-0.25, -0.2) is 4.98 Å². The highest BCUT2D eigenvalue weighted by Crippen LogP contribution is 2.19. The lowest BCUT2D eigenvalue weighted by Gasteiger charge is -2.30. The number of hydrogen-bond acceptors (Lipinski definition) is 4. The van der Waals surface area contributed by atoms with Crippen LogP contribution in [0.2, 0.25) is 0 Å².